The molecule has 0 aliphatic carbocycles. The van der Waals surface area contributed by atoms with Crippen molar-refractivity contribution in [2.24, 2.45) is 21.8 Å². The molecule has 0 spiro atoms. The van der Waals surface area contributed by atoms with Crippen molar-refractivity contribution in [2.75, 3.05) is 0 Å². The van der Waals surface area contributed by atoms with Gasteiger partial charge in [0.05, 0.1) is 24.2 Å². The SMILES string of the molecule is CC(C)C1=CC2N=C(CCC(C)C3=CC4N=C(F)C=CC4N3)C=CC2N1. The Kier molecular flexibility index (Phi) is 4.55. The fourth-order valence-corrected chi connectivity index (χ4v) is 3.94. The molecule has 0 radical (unpaired) electrons. The number of nitrogens with zero attached hydrogens (tertiary/aromatic N) is 2. The third-order valence-corrected chi connectivity index (χ3v) is 5.61. The molecule has 138 valence electrons. The Hall–Kier alpha value is -2.17. The predicted molar refractivity (Wildman–Crippen MR) is 105 cm³/mol. The second-order valence-corrected chi connectivity index (χ2v) is 7.95. The van der Waals surface area contributed by atoms with Crippen molar-refractivity contribution in [1.29, 1.82) is 0 Å². The van der Waals surface area contributed by atoms with Gasteiger partial charge in [-0.25, -0.2) is 4.99 Å². The third kappa shape index (κ3) is 3.39. The van der Waals surface area contributed by atoms with Crippen LogP contribution in [-0.2, 0) is 0 Å². The summed E-state index contributed by atoms with van der Waals surface area (Å²) < 4.78 is 13.3. The molecule has 0 saturated heterocycles. The van der Waals surface area contributed by atoms with Crippen LogP contribution in [0.4, 0.5) is 4.39 Å². The minimum atomic E-state index is -0.381. The van der Waals surface area contributed by atoms with Gasteiger partial charge in [-0.15, -0.1) is 0 Å². The fraction of sp³-hybridized carbons (Fsp3) is 0.524. The number of nitrogens with one attached hydrogen (secondary N) is 2. The zero-order valence-corrected chi connectivity index (χ0v) is 15.6. The Balaban J connectivity index is 1.35. The second-order valence-electron chi connectivity index (χ2n) is 7.95. The van der Waals surface area contributed by atoms with Crippen LogP contribution in [0.5, 0.6) is 0 Å². The van der Waals surface area contributed by atoms with Crippen molar-refractivity contribution in [3.8, 4) is 0 Å². The van der Waals surface area contributed by atoms with E-state index >= 15 is 0 Å². The van der Waals surface area contributed by atoms with Crippen LogP contribution >= 0.6 is 0 Å². The average molecular weight is 354 g/mol. The molecule has 4 heterocycles. The van der Waals surface area contributed by atoms with E-state index in [4.69, 9.17) is 4.99 Å². The minimum absolute atomic E-state index is 0.101. The maximum absolute atomic E-state index is 13.3. The van der Waals surface area contributed by atoms with E-state index in [1.165, 1.54) is 23.2 Å². The molecule has 0 aromatic rings. The first-order chi connectivity index (χ1) is 12.5. The van der Waals surface area contributed by atoms with Crippen LogP contribution < -0.4 is 10.6 Å². The molecule has 0 aromatic heterocycles. The largest absolute Gasteiger partial charge is 0.380 e. The fourth-order valence-electron chi connectivity index (χ4n) is 3.94. The molecule has 5 heteroatoms. The van der Waals surface area contributed by atoms with Crippen LogP contribution in [0.2, 0.25) is 0 Å². The Morgan fingerprint density at radius 3 is 2.38 bits per heavy atom. The molecule has 4 nitrogen and oxygen atoms in total. The Labute approximate surface area is 154 Å². The van der Waals surface area contributed by atoms with E-state index < -0.39 is 0 Å². The lowest BCUT2D eigenvalue weighted by Gasteiger charge is -2.21. The van der Waals surface area contributed by atoms with Crippen molar-refractivity contribution in [3.05, 3.63) is 47.9 Å². The highest BCUT2D eigenvalue weighted by molar-refractivity contribution is 5.96. The van der Waals surface area contributed by atoms with Crippen molar-refractivity contribution in [2.45, 2.75) is 57.8 Å². The highest BCUT2D eigenvalue weighted by Gasteiger charge is 2.30. The molecular formula is C21H27FN4. The molecule has 5 atom stereocenters. The van der Waals surface area contributed by atoms with E-state index in [1.54, 1.807) is 0 Å². The van der Waals surface area contributed by atoms with Crippen LogP contribution in [0.15, 0.2) is 57.8 Å². The van der Waals surface area contributed by atoms with Gasteiger partial charge in [-0.05, 0) is 49.0 Å². The lowest BCUT2D eigenvalue weighted by atomic mass is 9.97. The monoisotopic (exact) mass is 354 g/mol. The highest BCUT2D eigenvalue weighted by atomic mass is 19.1. The lowest BCUT2D eigenvalue weighted by Crippen LogP contribution is -2.33. The molecule has 2 N–H and O–H groups in total. The van der Waals surface area contributed by atoms with E-state index in [-0.39, 0.29) is 24.1 Å². The van der Waals surface area contributed by atoms with Crippen molar-refractivity contribution < 1.29 is 4.39 Å². The van der Waals surface area contributed by atoms with Crippen LogP contribution in [0.3, 0.4) is 0 Å². The summed E-state index contributed by atoms with van der Waals surface area (Å²) in [5, 5.41) is 7.03. The van der Waals surface area contributed by atoms with Gasteiger partial charge in [0.1, 0.15) is 0 Å². The van der Waals surface area contributed by atoms with E-state index in [1.807, 2.05) is 6.08 Å². The Bertz CT molecular complexity index is 756. The van der Waals surface area contributed by atoms with Gasteiger partial charge in [0, 0.05) is 17.1 Å². The third-order valence-electron chi connectivity index (χ3n) is 5.61. The molecule has 4 aliphatic rings. The van der Waals surface area contributed by atoms with Gasteiger partial charge in [-0.1, -0.05) is 32.9 Å². The Morgan fingerprint density at radius 2 is 1.62 bits per heavy atom. The van der Waals surface area contributed by atoms with Crippen molar-refractivity contribution >= 4 is 11.7 Å². The van der Waals surface area contributed by atoms with Gasteiger partial charge in [0.2, 0.25) is 5.97 Å². The highest BCUT2D eigenvalue weighted by Crippen LogP contribution is 2.27. The van der Waals surface area contributed by atoms with Crippen molar-refractivity contribution in [1.82, 2.24) is 10.6 Å². The van der Waals surface area contributed by atoms with Crippen molar-refractivity contribution in [3.63, 3.8) is 0 Å². The summed E-state index contributed by atoms with van der Waals surface area (Å²) in [6.45, 7) is 6.62. The molecule has 0 bridgehead atoms. The summed E-state index contributed by atoms with van der Waals surface area (Å²) in [5.41, 5.74) is 3.64. The topological polar surface area (TPSA) is 48.8 Å². The summed E-state index contributed by atoms with van der Waals surface area (Å²) in [4.78, 5) is 8.99. The first-order valence-corrected chi connectivity index (χ1v) is 9.62. The lowest BCUT2D eigenvalue weighted by molar-refractivity contribution is 0.557. The number of rotatable bonds is 5. The molecule has 0 aromatic carbocycles. The van der Waals surface area contributed by atoms with E-state index in [0.29, 0.717) is 17.9 Å². The molecule has 0 amide bonds. The molecule has 4 aliphatic heterocycles. The zero-order chi connectivity index (χ0) is 18.3. The average Bonchev–Trinajstić information content (AvgIpc) is 3.22. The van der Waals surface area contributed by atoms with Gasteiger partial charge in [-0.3, -0.25) is 4.99 Å². The number of fused-ring (bicyclic) bond motifs is 2. The summed E-state index contributed by atoms with van der Waals surface area (Å²) in [5.74, 6) is 0.510. The number of allylic oxidation sites excluding steroid dienone is 4. The quantitative estimate of drug-likeness (QED) is 0.794. The van der Waals surface area contributed by atoms with Gasteiger partial charge in [-0.2, -0.15) is 4.39 Å². The Morgan fingerprint density at radius 1 is 0.962 bits per heavy atom. The van der Waals surface area contributed by atoms with Gasteiger partial charge in [0.15, 0.2) is 0 Å². The first-order valence-electron chi connectivity index (χ1n) is 9.62. The maximum atomic E-state index is 13.3. The summed E-state index contributed by atoms with van der Waals surface area (Å²) >= 11 is 0. The number of dihydropyridines is 2. The number of halogens is 1. The second kappa shape index (κ2) is 6.86. The van der Waals surface area contributed by atoms with E-state index in [2.05, 4.69) is 60.7 Å². The number of aliphatic imine (C=N–C) groups is 2. The predicted octanol–water partition coefficient (Wildman–Crippen LogP) is 3.46. The zero-order valence-electron chi connectivity index (χ0n) is 15.6. The number of hydrogen-bond donors (Lipinski definition) is 2. The first kappa shape index (κ1) is 17.3. The van der Waals surface area contributed by atoms with Crippen LogP contribution in [0.1, 0.15) is 33.6 Å². The molecule has 5 unspecified atom stereocenters. The van der Waals surface area contributed by atoms with Crippen LogP contribution in [0.25, 0.3) is 0 Å². The molecule has 4 rings (SSSR count). The normalized spacial score (nSPS) is 32.8. The van der Waals surface area contributed by atoms with E-state index in [0.717, 1.165) is 12.8 Å². The molecule has 0 saturated carbocycles. The standard InChI is InChI=1S/C21H27FN4/c1-12(2)17-10-19-15(24-17)7-6-14(23-19)5-4-13(3)18-11-20-16(25-18)8-9-21(22)26-20/h6-13,15-16,19-20,24-25H,4-5H2,1-3H3. The number of hydrogen-bond acceptors (Lipinski definition) is 4. The summed E-state index contributed by atoms with van der Waals surface area (Å²) in [6.07, 6.45) is 14.0. The molecule has 26 heavy (non-hydrogen) atoms. The smallest absolute Gasteiger partial charge is 0.208 e. The van der Waals surface area contributed by atoms with Crippen LogP contribution in [-0.4, -0.2) is 35.8 Å². The molecular weight excluding hydrogens is 327 g/mol. The summed E-state index contributed by atoms with van der Waals surface area (Å²) in [7, 11) is 0. The van der Waals surface area contributed by atoms with Crippen LogP contribution in [0, 0.1) is 11.8 Å². The summed E-state index contributed by atoms with van der Waals surface area (Å²) in [6, 6.07) is 0.547. The van der Waals surface area contributed by atoms with Gasteiger partial charge >= 0.3 is 0 Å². The van der Waals surface area contributed by atoms with E-state index in [9.17, 15) is 4.39 Å². The van der Waals surface area contributed by atoms with Gasteiger partial charge in [0.25, 0.3) is 0 Å². The minimum Gasteiger partial charge on any atom is -0.380 e. The maximum Gasteiger partial charge on any atom is 0.208 e. The molecule has 0 fully saturated rings. The van der Waals surface area contributed by atoms with Gasteiger partial charge < -0.3 is 10.6 Å².